The minimum absolute atomic E-state index is 0.00812. The van der Waals surface area contributed by atoms with E-state index >= 15 is 0 Å². The van der Waals surface area contributed by atoms with Gasteiger partial charge in [0, 0.05) is 23.6 Å². The third-order valence-corrected chi connectivity index (χ3v) is 7.85. The van der Waals surface area contributed by atoms with E-state index in [1.165, 1.54) is 17.0 Å². The number of carboxylic acids is 2. The van der Waals surface area contributed by atoms with Crippen LogP contribution >= 0.6 is 21.6 Å². The van der Waals surface area contributed by atoms with Crippen LogP contribution in [0.5, 0.6) is 0 Å². The van der Waals surface area contributed by atoms with E-state index in [-0.39, 0.29) is 35.1 Å². The molecule has 2 aromatic rings. The van der Waals surface area contributed by atoms with Gasteiger partial charge < -0.3 is 15.1 Å². The predicted octanol–water partition coefficient (Wildman–Crippen LogP) is 2.23. The van der Waals surface area contributed by atoms with Crippen molar-refractivity contribution in [3.63, 3.8) is 0 Å². The van der Waals surface area contributed by atoms with E-state index in [0.717, 1.165) is 32.1 Å². The summed E-state index contributed by atoms with van der Waals surface area (Å²) in [6, 6.07) is 10.5. The molecular weight excluding hydrogens is 468 g/mol. The van der Waals surface area contributed by atoms with Crippen LogP contribution in [0, 0.1) is 0 Å². The number of imide groups is 1. The van der Waals surface area contributed by atoms with E-state index in [0.29, 0.717) is 5.56 Å². The normalized spacial score (nSPS) is 16.5. The zero-order valence-electron chi connectivity index (χ0n) is 17.0. The van der Waals surface area contributed by atoms with Crippen LogP contribution in [0.1, 0.15) is 36.6 Å². The average Bonchev–Trinajstić information content (AvgIpc) is 3.25. The van der Waals surface area contributed by atoms with Crippen molar-refractivity contribution in [3.05, 3.63) is 70.8 Å². The number of nitrogens with zero attached hydrogens (tertiary/aromatic N) is 2. The van der Waals surface area contributed by atoms with Crippen molar-refractivity contribution in [2.24, 2.45) is 0 Å². The lowest BCUT2D eigenvalue weighted by atomic mass is 10.1. The van der Waals surface area contributed by atoms with Gasteiger partial charge in [-0.3, -0.25) is 19.3 Å². The summed E-state index contributed by atoms with van der Waals surface area (Å²) in [5, 5.41) is 19.3. The lowest BCUT2D eigenvalue weighted by Gasteiger charge is -2.24. The fourth-order valence-corrected chi connectivity index (χ4v) is 6.21. The monoisotopic (exact) mass is 486 g/mol. The molecule has 2 aliphatic rings. The molecule has 0 saturated carbocycles. The van der Waals surface area contributed by atoms with E-state index in [4.69, 9.17) is 0 Å². The van der Waals surface area contributed by atoms with Gasteiger partial charge in [0.1, 0.15) is 12.1 Å². The first-order chi connectivity index (χ1) is 15.8. The van der Waals surface area contributed by atoms with Gasteiger partial charge in [-0.2, -0.15) is 0 Å². The molecule has 0 fully saturated rings. The molecule has 0 radical (unpaired) electrons. The van der Waals surface area contributed by atoms with E-state index < -0.39 is 35.8 Å². The van der Waals surface area contributed by atoms with Crippen molar-refractivity contribution >= 4 is 51.2 Å². The largest absolute Gasteiger partial charge is 0.480 e. The summed E-state index contributed by atoms with van der Waals surface area (Å²) in [7, 11) is 2.11. The van der Waals surface area contributed by atoms with Crippen LogP contribution in [0.2, 0.25) is 0 Å². The van der Waals surface area contributed by atoms with Crippen LogP contribution in [-0.4, -0.2) is 73.3 Å². The molecule has 2 unspecified atom stereocenters. The number of amides is 3. The Morgan fingerprint density at radius 3 is 1.76 bits per heavy atom. The summed E-state index contributed by atoms with van der Waals surface area (Å²) < 4.78 is 0. The number of benzene rings is 2. The maximum atomic E-state index is 12.6. The lowest BCUT2D eigenvalue weighted by Crippen LogP contribution is -2.46. The molecule has 0 spiro atoms. The highest BCUT2D eigenvalue weighted by Crippen LogP contribution is 2.32. The third-order valence-electron chi connectivity index (χ3n) is 5.47. The number of carbonyl (C=O) groups excluding carboxylic acids is 3. The SMILES string of the molecule is O=C(O)C(CSSCC(C(=O)O)N1C(=O)c2ccccc2C1=O)N1Cc2ccccc2C1=O. The summed E-state index contributed by atoms with van der Waals surface area (Å²) in [6.45, 7) is 0.185. The molecule has 0 aromatic heterocycles. The van der Waals surface area contributed by atoms with Gasteiger partial charge in [0.05, 0.1) is 11.1 Å². The Hall–Kier alpha value is -3.31. The molecule has 2 N–H and O–H groups in total. The van der Waals surface area contributed by atoms with E-state index in [1.54, 1.807) is 36.4 Å². The Kier molecular flexibility index (Phi) is 6.43. The number of fused-ring (bicyclic) bond motifs is 2. The number of carbonyl (C=O) groups is 5. The highest BCUT2D eigenvalue weighted by molar-refractivity contribution is 8.76. The molecule has 2 heterocycles. The summed E-state index contributed by atoms with van der Waals surface area (Å²) in [4.78, 5) is 63.5. The zero-order valence-corrected chi connectivity index (χ0v) is 18.7. The smallest absolute Gasteiger partial charge is 0.327 e. The van der Waals surface area contributed by atoms with Gasteiger partial charge in [0.2, 0.25) is 0 Å². The summed E-state index contributed by atoms with van der Waals surface area (Å²) in [6.07, 6.45) is 0. The molecule has 2 aromatic carbocycles. The maximum absolute atomic E-state index is 12.6. The van der Waals surface area contributed by atoms with Crippen LogP contribution in [0.3, 0.4) is 0 Å². The second-order valence-electron chi connectivity index (χ2n) is 7.39. The molecule has 170 valence electrons. The fraction of sp³-hybridized carbons (Fsp3) is 0.227. The van der Waals surface area contributed by atoms with E-state index in [2.05, 4.69) is 0 Å². The molecule has 0 saturated heterocycles. The fourth-order valence-electron chi connectivity index (χ4n) is 3.80. The van der Waals surface area contributed by atoms with E-state index in [9.17, 15) is 34.2 Å². The second-order valence-corrected chi connectivity index (χ2v) is 9.95. The Balaban J connectivity index is 1.39. The topological polar surface area (TPSA) is 132 Å². The van der Waals surface area contributed by atoms with Crippen LogP contribution in [0.25, 0.3) is 0 Å². The minimum Gasteiger partial charge on any atom is -0.480 e. The zero-order chi connectivity index (χ0) is 23.7. The molecule has 33 heavy (non-hydrogen) atoms. The van der Waals surface area contributed by atoms with Gasteiger partial charge in [0.15, 0.2) is 0 Å². The van der Waals surface area contributed by atoms with Crippen molar-refractivity contribution in [2.75, 3.05) is 11.5 Å². The molecule has 4 rings (SSSR count). The summed E-state index contributed by atoms with van der Waals surface area (Å²) >= 11 is 0. The quantitative estimate of drug-likeness (QED) is 0.311. The second kappa shape index (κ2) is 9.28. The first kappa shape index (κ1) is 22.9. The molecule has 3 amide bonds. The lowest BCUT2D eigenvalue weighted by molar-refractivity contribution is -0.142. The highest BCUT2D eigenvalue weighted by Gasteiger charge is 2.43. The van der Waals surface area contributed by atoms with Crippen LogP contribution < -0.4 is 0 Å². The van der Waals surface area contributed by atoms with Crippen LogP contribution in [0.15, 0.2) is 48.5 Å². The van der Waals surface area contributed by atoms with Crippen molar-refractivity contribution in [1.82, 2.24) is 9.80 Å². The number of hydrogen-bond donors (Lipinski definition) is 2. The van der Waals surface area contributed by atoms with Gasteiger partial charge in [-0.15, -0.1) is 0 Å². The number of hydrogen-bond acceptors (Lipinski definition) is 7. The Labute approximate surface area is 196 Å². The van der Waals surface area contributed by atoms with Gasteiger partial charge >= 0.3 is 11.9 Å². The first-order valence-corrected chi connectivity index (χ1v) is 12.4. The van der Waals surface area contributed by atoms with Gasteiger partial charge in [-0.05, 0) is 23.8 Å². The number of carboxylic acid groups (broad SMARTS) is 2. The summed E-state index contributed by atoms with van der Waals surface area (Å²) in [5.41, 5.74) is 1.54. The molecule has 0 aliphatic carbocycles. The van der Waals surface area contributed by atoms with Crippen molar-refractivity contribution in [3.8, 4) is 0 Å². The summed E-state index contributed by atoms with van der Waals surface area (Å²) in [5.74, 6) is -4.33. The highest BCUT2D eigenvalue weighted by atomic mass is 33.1. The molecule has 9 nitrogen and oxygen atoms in total. The minimum atomic E-state index is -1.41. The van der Waals surface area contributed by atoms with Crippen molar-refractivity contribution in [2.45, 2.75) is 18.6 Å². The molecular formula is C22H18N2O7S2. The van der Waals surface area contributed by atoms with Gasteiger partial charge in [-0.25, -0.2) is 9.59 Å². The standard InChI is InChI=1S/C22H18N2O7S2/c25-18-13-6-2-1-5-12(13)9-23(18)16(21(28)29)10-32-33-11-17(22(30)31)24-19(26)14-7-3-4-8-15(14)20(24)27/h1-8,16-17H,9-11H2,(H,28,29)(H,30,31). The van der Waals surface area contributed by atoms with Gasteiger partial charge in [-0.1, -0.05) is 51.9 Å². The number of rotatable bonds is 9. The van der Waals surface area contributed by atoms with Gasteiger partial charge in [0.25, 0.3) is 17.7 Å². The maximum Gasteiger partial charge on any atom is 0.327 e. The molecule has 0 bridgehead atoms. The van der Waals surface area contributed by atoms with Crippen LogP contribution in [0.4, 0.5) is 0 Å². The van der Waals surface area contributed by atoms with Crippen molar-refractivity contribution < 1.29 is 34.2 Å². The first-order valence-electron chi connectivity index (χ1n) is 9.87. The van der Waals surface area contributed by atoms with E-state index in [1.807, 2.05) is 0 Å². The van der Waals surface area contributed by atoms with Crippen molar-refractivity contribution in [1.29, 1.82) is 0 Å². The van der Waals surface area contributed by atoms with Crippen LogP contribution in [-0.2, 0) is 16.1 Å². The Bertz CT molecular complexity index is 1130. The molecule has 2 aliphatic heterocycles. The Morgan fingerprint density at radius 1 is 0.758 bits per heavy atom. The average molecular weight is 487 g/mol. The third kappa shape index (κ3) is 4.21. The molecule has 2 atom stereocenters. The Morgan fingerprint density at radius 2 is 1.24 bits per heavy atom. The predicted molar refractivity (Wildman–Crippen MR) is 121 cm³/mol. The number of aliphatic carboxylic acids is 2. The molecule has 11 heteroatoms.